The summed E-state index contributed by atoms with van der Waals surface area (Å²) in [6.07, 6.45) is 0. The van der Waals surface area contributed by atoms with Crippen LogP contribution in [-0.4, -0.2) is 57.6 Å². The van der Waals surface area contributed by atoms with Crippen molar-refractivity contribution in [2.75, 3.05) is 48.3 Å². The minimum Gasteiger partial charge on any atom is -0.354 e. The molecule has 1 aliphatic carbocycles. The molecule has 220 valence electrons. The Bertz CT molecular complexity index is 1310. The molecule has 0 radical (unpaired) electrons. The van der Waals surface area contributed by atoms with E-state index >= 15 is 0 Å². The van der Waals surface area contributed by atoms with E-state index in [4.69, 9.17) is 31.4 Å². The average Bonchev–Trinajstić information content (AvgIpc) is 3.00. The number of nitrogens with two attached hydrogens (primary N) is 2. The van der Waals surface area contributed by atoms with Crippen molar-refractivity contribution in [3.05, 3.63) is 95.3 Å². The zero-order valence-corrected chi connectivity index (χ0v) is 25.9. The summed E-state index contributed by atoms with van der Waals surface area (Å²) < 4.78 is 0. The second-order valence-electron chi connectivity index (χ2n) is 10.2. The lowest BCUT2D eigenvalue weighted by Gasteiger charge is -2.52. The number of benzene rings is 2. The Morgan fingerprint density at radius 2 is 1.00 bits per heavy atom. The van der Waals surface area contributed by atoms with Gasteiger partial charge in [-0.25, -0.2) is 19.9 Å². The highest BCUT2D eigenvalue weighted by atomic mass is 32.2. The van der Waals surface area contributed by atoms with E-state index in [9.17, 15) is 0 Å². The second kappa shape index (κ2) is 14.8. The van der Waals surface area contributed by atoms with Gasteiger partial charge in [-0.3, -0.25) is 0 Å². The van der Waals surface area contributed by atoms with Gasteiger partial charge in [0.05, 0.1) is 11.4 Å². The van der Waals surface area contributed by atoms with Crippen LogP contribution in [0.25, 0.3) is 0 Å². The van der Waals surface area contributed by atoms with E-state index in [1.807, 2.05) is 0 Å². The fourth-order valence-corrected chi connectivity index (χ4v) is 7.20. The van der Waals surface area contributed by atoms with Gasteiger partial charge >= 0.3 is 0 Å². The zero-order valence-electron chi connectivity index (χ0n) is 24.2. The van der Waals surface area contributed by atoms with Crippen LogP contribution in [0, 0.1) is 0 Å². The van der Waals surface area contributed by atoms with Crippen LogP contribution in [-0.2, 0) is 0 Å². The maximum atomic E-state index is 5.86. The number of rotatable bonds is 14. The smallest absolute Gasteiger partial charge is 0.223 e. The van der Waals surface area contributed by atoms with Gasteiger partial charge in [-0.1, -0.05) is 60.7 Å². The summed E-state index contributed by atoms with van der Waals surface area (Å²) in [5.41, 5.74) is 16.3. The fourth-order valence-electron chi connectivity index (χ4n) is 5.84. The number of hydrogen-bond acceptors (Lipinski definition) is 10. The van der Waals surface area contributed by atoms with E-state index in [-0.39, 0.29) is 23.7 Å². The Hall–Kier alpha value is -3.18. The second-order valence-corrected chi connectivity index (χ2v) is 12.4. The van der Waals surface area contributed by atoms with Crippen LogP contribution < -0.4 is 22.1 Å². The van der Waals surface area contributed by atoms with Crippen molar-refractivity contribution in [2.45, 2.75) is 47.6 Å². The van der Waals surface area contributed by atoms with Gasteiger partial charge in [0.1, 0.15) is 10.1 Å². The van der Waals surface area contributed by atoms with Gasteiger partial charge in [0, 0.05) is 61.4 Å². The van der Waals surface area contributed by atoms with Crippen molar-refractivity contribution in [1.29, 1.82) is 0 Å². The van der Waals surface area contributed by atoms with Crippen LogP contribution in [0.4, 0.5) is 11.9 Å². The Balaban J connectivity index is 1.68. The highest BCUT2D eigenvalue weighted by molar-refractivity contribution is 7.99. The van der Waals surface area contributed by atoms with Crippen LogP contribution in [0.15, 0.2) is 82.8 Å². The van der Waals surface area contributed by atoms with Crippen LogP contribution in [0.2, 0.25) is 0 Å². The molecule has 0 spiro atoms. The molecule has 0 unspecified atom stereocenters. The first-order valence-electron chi connectivity index (χ1n) is 14.7. The Morgan fingerprint density at radius 3 is 1.36 bits per heavy atom. The predicted octanol–water partition coefficient (Wildman–Crippen LogP) is 5.68. The molecular weight excluding hydrogens is 561 g/mol. The van der Waals surface area contributed by atoms with Crippen molar-refractivity contribution in [3.63, 3.8) is 0 Å². The van der Waals surface area contributed by atoms with E-state index in [2.05, 4.69) is 97.3 Å². The molecule has 2 heterocycles. The SMILES string of the molecule is CCNc1nc(SCCN)cc([C@H]2[C@H](c3ccccc3)[C@H](c3cc(SCCN)nc(NCC)n3)[C@H]2c2ccccc2)n1. The van der Waals surface area contributed by atoms with Gasteiger partial charge in [0.15, 0.2) is 0 Å². The van der Waals surface area contributed by atoms with Gasteiger partial charge in [-0.15, -0.1) is 23.5 Å². The molecule has 0 amide bonds. The highest BCUT2D eigenvalue weighted by Gasteiger charge is 2.54. The summed E-state index contributed by atoms with van der Waals surface area (Å²) in [5, 5.41) is 8.61. The molecule has 0 saturated heterocycles. The Kier molecular flexibility index (Phi) is 10.7. The molecule has 10 heteroatoms. The van der Waals surface area contributed by atoms with Crippen LogP contribution in [0.3, 0.4) is 0 Å². The van der Waals surface area contributed by atoms with Crippen molar-refractivity contribution in [1.82, 2.24) is 19.9 Å². The minimum atomic E-state index is 0.120. The third-order valence-electron chi connectivity index (χ3n) is 7.45. The van der Waals surface area contributed by atoms with Gasteiger partial charge in [-0.05, 0) is 37.1 Å². The first-order valence-corrected chi connectivity index (χ1v) is 16.6. The molecular formula is C32H40N8S2. The van der Waals surface area contributed by atoms with Crippen LogP contribution >= 0.6 is 23.5 Å². The number of hydrogen-bond donors (Lipinski definition) is 4. The topological polar surface area (TPSA) is 128 Å². The summed E-state index contributed by atoms with van der Waals surface area (Å²) in [4.78, 5) is 19.8. The van der Waals surface area contributed by atoms with E-state index in [0.717, 1.165) is 46.0 Å². The molecule has 8 nitrogen and oxygen atoms in total. The van der Waals surface area contributed by atoms with Gasteiger partial charge in [0.25, 0.3) is 0 Å². The van der Waals surface area contributed by atoms with Gasteiger partial charge < -0.3 is 22.1 Å². The first kappa shape index (κ1) is 30.3. The molecule has 4 aromatic rings. The van der Waals surface area contributed by atoms with E-state index < -0.39 is 0 Å². The molecule has 0 aliphatic heterocycles. The summed E-state index contributed by atoms with van der Waals surface area (Å²) in [6.45, 7) is 6.83. The van der Waals surface area contributed by atoms with Crippen LogP contribution in [0.1, 0.15) is 60.0 Å². The Labute approximate surface area is 257 Å². The largest absolute Gasteiger partial charge is 0.354 e. The summed E-state index contributed by atoms with van der Waals surface area (Å²) >= 11 is 3.35. The van der Waals surface area contributed by atoms with Crippen LogP contribution in [0.5, 0.6) is 0 Å². The molecule has 0 atom stereocenters. The Morgan fingerprint density at radius 1 is 0.595 bits per heavy atom. The number of thioether (sulfide) groups is 2. The quantitative estimate of drug-likeness (QED) is 0.106. The lowest BCUT2D eigenvalue weighted by Crippen LogP contribution is -2.41. The minimum absolute atomic E-state index is 0.120. The number of anilines is 2. The molecule has 1 fully saturated rings. The molecule has 6 N–H and O–H groups in total. The molecule has 1 aliphatic rings. The molecule has 5 rings (SSSR count). The molecule has 1 saturated carbocycles. The molecule has 0 bridgehead atoms. The molecule has 42 heavy (non-hydrogen) atoms. The first-order chi connectivity index (χ1) is 20.7. The van der Waals surface area contributed by atoms with Crippen molar-refractivity contribution >= 4 is 35.4 Å². The molecule has 2 aromatic heterocycles. The van der Waals surface area contributed by atoms with E-state index in [1.165, 1.54) is 11.1 Å². The summed E-state index contributed by atoms with van der Waals surface area (Å²) in [7, 11) is 0. The summed E-state index contributed by atoms with van der Waals surface area (Å²) in [5.74, 6) is 3.48. The number of nitrogens with one attached hydrogen (secondary N) is 2. The molecule has 2 aromatic carbocycles. The lowest BCUT2D eigenvalue weighted by molar-refractivity contribution is 0.219. The predicted molar refractivity (Wildman–Crippen MR) is 176 cm³/mol. The maximum Gasteiger partial charge on any atom is 0.223 e. The third kappa shape index (κ3) is 6.89. The fraction of sp³-hybridized carbons (Fsp3) is 0.375. The summed E-state index contributed by atoms with van der Waals surface area (Å²) in [6, 6.07) is 25.9. The zero-order chi connectivity index (χ0) is 29.3. The maximum absolute atomic E-state index is 5.86. The standard InChI is InChI=1S/C32H40N8S2/c1-3-35-31-37-23(19-25(39-31)41-17-15-33)29-27(21-11-7-5-8-12-21)30(28(29)22-13-9-6-10-14-22)24-20-26(42-18-16-34)40-32(38-24)36-4-2/h5-14,19-20,27-30H,3-4,15-18,33-34H2,1-2H3,(H,35,37,39)(H,36,38,40)/t27-,28-,29-,30-. The van der Waals surface area contributed by atoms with E-state index in [1.54, 1.807) is 23.5 Å². The van der Waals surface area contributed by atoms with Gasteiger partial charge in [-0.2, -0.15) is 0 Å². The van der Waals surface area contributed by atoms with Crippen molar-refractivity contribution < 1.29 is 0 Å². The number of nitrogens with zero attached hydrogens (tertiary/aromatic N) is 4. The highest BCUT2D eigenvalue weighted by Crippen LogP contribution is 2.66. The number of aromatic nitrogens is 4. The van der Waals surface area contributed by atoms with Crippen molar-refractivity contribution in [3.8, 4) is 0 Å². The average molecular weight is 601 g/mol. The van der Waals surface area contributed by atoms with E-state index in [0.29, 0.717) is 25.0 Å². The monoisotopic (exact) mass is 600 g/mol. The normalized spacial score (nSPS) is 19.7. The third-order valence-corrected chi connectivity index (χ3v) is 9.34. The van der Waals surface area contributed by atoms with Crippen molar-refractivity contribution in [2.24, 2.45) is 11.5 Å². The van der Waals surface area contributed by atoms with Gasteiger partial charge in [0.2, 0.25) is 11.9 Å². The lowest BCUT2D eigenvalue weighted by atomic mass is 9.50.